The highest BCUT2D eigenvalue weighted by molar-refractivity contribution is 14.1. The maximum absolute atomic E-state index is 12.6. The number of carbonyl (C=O) groups excluding carboxylic acids is 1. The molecule has 27 heavy (non-hydrogen) atoms. The summed E-state index contributed by atoms with van der Waals surface area (Å²) in [4.78, 5) is 12.6. The fourth-order valence-corrected chi connectivity index (χ4v) is 4.90. The molecule has 0 saturated carbocycles. The van der Waals surface area contributed by atoms with Gasteiger partial charge in [-0.3, -0.25) is 4.79 Å². The van der Waals surface area contributed by atoms with Gasteiger partial charge in [-0.25, -0.2) is 5.43 Å². The molecule has 0 heterocycles. The molecule has 0 atom stereocenters. The average molecular weight is 586 g/mol. The minimum atomic E-state index is -0.327. The van der Waals surface area contributed by atoms with Crippen LogP contribution < -0.4 is 14.9 Å². The molecule has 0 saturated heterocycles. The fourth-order valence-electron chi connectivity index (χ4n) is 2.64. The summed E-state index contributed by atoms with van der Waals surface area (Å²) in [6, 6.07) is 15.3. The van der Waals surface area contributed by atoms with E-state index in [4.69, 9.17) is 9.47 Å². The van der Waals surface area contributed by atoms with E-state index in [-0.39, 0.29) is 5.91 Å². The second kappa shape index (κ2) is 8.87. The van der Waals surface area contributed by atoms with Gasteiger partial charge in [0, 0.05) is 0 Å². The molecule has 0 bridgehead atoms. The van der Waals surface area contributed by atoms with Crippen LogP contribution in [-0.2, 0) is 0 Å². The van der Waals surface area contributed by atoms with E-state index in [9.17, 15) is 4.79 Å². The van der Waals surface area contributed by atoms with Crippen LogP contribution >= 0.6 is 45.2 Å². The molecule has 7 heteroatoms. The smallest absolute Gasteiger partial charge is 0.275 e. The average Bonchev–Trinajstić information content (AvgIpc) is 2.66. The zero-order chi connectivity index (χ0) is 19.4. The highest BCUT2D eigenvalue weighted by atomic mass is 127. The van der Waals surface area contributed by atoms with Crippen molar-refractivity contribution in [2.75, 3.05) is 14.2 Å². The van der Waals surface area contributed by atoms with Crippen molar-refractivity contribution in [3.8, 4) is 11.5 Å². The number of hydrogen-bond acceptors (Lipinski definition) is 4. The van der Waals surface area contributed by atoms with E-state index in [2.05, 4.69) is 55.7 Å². The first-order chi connectivity index (χ1) is 13.0. The second-order valence-corrected chi connectivity index (χ2v) is 7.94. The summed E-state index contributed by atoms with van der Waals surface area (Å²) in [5.41, 5.74) is 3.88. The van der Waals surface area contributed by atoms with E-state index in [0.717, 1.165) is 29.2 Å². The van der Waals surface area contributed by atoms with Crippen LogP contribution in [0.15, 0.2) is 53.6 Å². The molecule has 0 fully saturated rings. The van der Waals surface area contributed by atoms with Gasteiger partial charge in [-0.05, 0) is 85.8 Å². The number of carbonyl (C=O) groups is 1. The Labute approximate surface area is 184 Å². The third kappa shape index (κ3) is 4.52. The molecule has 0 aliphatic rings. The number of hydrazone groups is 1. The molecular formula is C20H16I2N2O3. The molecule has 3 aromatic carbocycles. The van der Waals surface area contributed by atoms with Gasteiger partial charge < -0.3 is 9.47 Å². The molecule has 0 aliphatic heterocycles. The lowest BCUT2D eigenvalue weighted by atomic mass is 10.1. The zero-order valence-corrected chi connectivity index (χ0v) is 18.9. The van der Waals surface area contributed by atoms with Crippen LogP contribution in [0.1, 0.15) is 15.9 Å². The minimum absolute atomic E-state index is 0.327. The van der Waals surface area contributed by atoms with E-state index in [1.165, 1.54) is 0 Å². The number of ether oxygens (including phenoxy) is 2. The van der Waals surface area contributed by atoms with Crippen LogP contribution in [-0.4, -0.2) is 26.3 Å². The maximum Gasteiger partial charge on any atom is 0.275 e. The third-order valence-corrected chi connectivity index (χ3v) is 5.52. The predicted octanol–water partition coefficient (Wildman–Crippen LogP) is 4.83. The second-order valence-electron chi connectivity index (χ2n) is 5.62. The van der Waals surface area contributed by atoms with Crippen molar-refractivity contribution in [2.45, 2.75) is 0 Å². The molecule has 1 N–H and O–H groups in total. The first-order valence-electron chi connectivity index (χ1n) is 7.96. The van der Waals surface area contributed by atoms with Gasteiger partial charge in [0.15, 0.2) is 0 Å². The molecule has 0 spiro atoms. The maximum atomic E-state index is 12.6. The van der Waals surface area contributed by atoms with Crippen LogP contribution in [0.25, 0.3) is 10.8 Å². The quantitative estimate of drug-likeness (QED) is 0.265. The van der Waals surface area contributed by atoms with Crippen molar-refractivity contribution >= 4 is 68.1 Å². The number of hydrogen-bond donors (Lipinski definition) is 1. The molecule has 138 valence electrons. The van der Waals surface area contributed by atoms with Crippen LogP contribution in [0.2, 0.25) is 0 Å². The first kappa shape index (κ1) is 19.9. The van der Waals surface area contributed by atoms with Crippen LogP contribution in [0.5, 0.6) is 11.5 Å². The lowest BCUT2D eigenvalue weighted by Gasteiger charge is -2.09. The normalized spacial score (nSPS) is 11.0. The van der Waals surface area contributed by atoms with Crippen LogP contribution in [0, 0.1) is 7.14 Å². The Balaban J connectivity index is 1.82. The molecule has 0 aromatic heterocycles. The van der Waals surface area contributed by atoms with Crippen molar-refractivity contribution in [1.29, 1.82) is 0 Å². The summed E-state index contributed by atoms with van der Waals surface area (Å²) in [5, 5.41) is 6.06. The molecule has 3 aromatic rings. The summed E-state index contributed by atoms with van der Waals surface area (Å²) in [6.07, 6.45) is 1.61. The highest BCUT2D eigenvalue weighted by Crippen LogP contribution is 2.28. The summed E-state index contributed by atoms with van der Waals surface area (Å²) in [7, 11) is 3.19. The van der Waals surface area contributed by atoms with E-state index in [0.29, 0.717) is 11.3 Å². The van der Waals surface area contributed by atoms with E-state index < -0.39 is 0 Å². The largest absolute Gasteiger partial charge is 0.496 e. The van der Waals surface area contributed by atoms with Gasteiger partial charge in [-0.2, -0.15) is 5.10 Å². The number of halogens is 2. The van der Waals surface area contributed by atoms with Gasteiger partial charge >= 0.3 is 0 Å². The third-order valence-electron chi connectivity index (χ3n) is 3.92. The van der Waals surface area contributed by atoms with Crippen molar-refractivity contribution in [1.82, 2.24) is 5.43 Å². The van der Waals surface area contributed by atoms with Crippen LogP contribution in [0.4, 0.5) is 0 Å². The van der Waals surface area contributed by atoms with Crippen LogP contribution in [0.3, 0.4) is 0 Å². The SMILES string of the molecule is COc1cc2ccccc2cc1C(=O)N/N=C\c1cc(I)c(OC)c(I)c1. The molecule has 0 radical (unpaired) electrons. The Morgan fingerprint density at radius 3 is 2.22 bits per heavy atom. The van der Waals surface area contributed by atoms with Crippen molar-refractivity contribution in [3.63, 3.8) is 0 Å². The van der Waals surface area contributed by atoms with Gasteiger partial charge in [0.25, 0.3) is 5.91 Å². The van der Waals surface area contributed by atoms with E-state index in [1.54, 1.807) is 26.5 Å². The Bertz CT molecular complexity index is 1010. The van der Waals surface area contributed by atoms with E-state index in [1.807, 2.05) is 42.5 Å². The molecule has 0 aliphatic carbocycles. The van der Waals surface area contributed by atoms with Gasteiger partial charge in [-0.1, -0.05) is 24.3 Å². The summed E-state index contributed by atoms with van der Waals surface area (Å²) < 4.78 is 12.7. The fraction of sp³-hybridized carbons (Fsp3) is 0.100. The summed E-state index contributed by atoms with van der Waals surface area (Å²) in [6.45, 7) is 0. The molecule has 1 amide bonds. The monoisotopic (exact) mass is 586 g/mol. The number of methoxy groups -OCH3 is 2. The van der Waals surface area contributed by atoms with Crippen molar-refractivity contribution in [2.24, 2.45) is 5.10 Å². The number of benzene rings is 3. The molecule has 3 rings (SSSR count). The molecule has 0 unspecified atom stereocenters. The Hall–Kier alpha value is -1.88. The number of nitrogens with zero attached hydrogens (tertiary/aromatic N) is 1. The lowest BCUT2D eigenvalue weighted by molar-refractivity contribution is 0.0952. The Morgan fingerprint density at radius 2 is 1.63 bits per heavy atom. The van der Waals surface area contributed by atoms with E-state index >= 15 is 0 Å². The Morgan fingerprint density at radius 1 is 1.00 bits per heavy atom. The predicted molar refractivity (Wildman–Crippen MR) is 124 cm³/mol. The van der Waals surface area contributed by atoms with Gasteiger partial charge in [0.05, 0.1) is 33.1 Å². The van der Waals surface area contributed by atoms with Gasteiger partial charge in [-0.15, -0.1) is 0 Å². The summed E-state index contributed by atoms with van der Waals surface area (Å²) >= 11 is 4.42. The minimum Gasteiger partial charge on any atom is -0.496 e. The standard InChI is InChI=1S/C20H16I2N2O3/c1-26-18-10-14-6-4-3-5-13(14)9-15(18)20(25)24-23-11-12-7-16(21)19(27-2)17(22)8-12/h3-11H,1-2H3,(H,24,25)/b23-11-. The number of fused-ring (bicyclic) bond motifs is 1. The molecular weight excluding hydrogens is 570 g/mol. The number of nitrogens with one attached hydrogen (secondary N) is 1. The number of amides is 1. The number of rotatable bonds is 5. The highest BCUT2D eigenvalue weighted by Gasteiger charge is 2.13. The zero-order valence-electron chi connectivity index (χ0n) is 14.6. The van der Waals surface area contributed by atoms with Crippen molar-refractivity contribution < 1.29 is 14.3 Å². The van der Waals surface area contributed by atoms with Gasteiger partial charge in [0.1, 0.15) is 11.5 Å². The van der Waals surface area contributed by atoms with Gasteiger partial charge in [0.2, 0.25) is 0 Å². The Kier molecular flexibility index (Phi) is 6.53. The van der Waals surface area contributed by atoms with Crippen molar-refractivity contribution in [3.05, 3.63) is 66.8 Å². The lowest BCUT2D eigenvalue weighted by Crippen LogP contribution is -2.18. The first-order valence-corrected chi connectivity index (χ1v) is 10.1. The summed E-state index contributed by atoms with van der Waals surface area (Å²) in [5.74, 6) is 1.01. The molecule has 5 nitrogen and oxygen atoms in total. The topological polar surface area (TPSA) is 59.9 Å².